The molecule has 2 aromatic rings. The average molecular weight is 677 g/mol. The first-order valence-corrected chi connectivity index (χ1v) is 16.5. The van der Waals surface area contributed by atoms with Gasteiger partial charge in [0.2, 0.25) is 0 Å². The summed E-state index contributed by atoms with van der Waals surface area (Å²) in [5, 5.41) is 15.6. The summed E-state index contributed by atoms with van der Waals surface area (Å²) in [5.41, 5.74) is -0.485. The first kappa shape index (κ1) is 38.3. The number of hydrogen-bond acceptors (Lipinski definition) is 6. The minimum atomic E-state index is -4.48. The van der Waals surface area contributed by atoms with Crippen LogP contribution in [-0.2, 0) is 15.8 Å². The van der Waals surface area contributed by atoms with Crippen molar-refractivity contribution in [1.82, 2.24) is 14.7 Å². The number of anilines is 1. The van der Waals surface area contributed by atoms with Crippen LogP contribution in [0.1, 0.15) is 50.5 Å². The van der Waals surface area contributed by atoms with Crippen molar-refractivity contribution in [2.75, 3.05) is 70.4 Å². The van der Waals surface area contributed by atoms with E-state index in [1.807, 2.05) is 35.2 Å². The van der Waals surface area contributed by atoms with Gasteiger partial charge in [0.25, 0.3) is 0 Å². The van der Waals surface area contributed by atoms with E-state index in [1.54, 1.807) is 6.07 Å². The standard InChI is InChI=1S/C31H43F3N4O2.C4H4O4/c32-31(33,34)27-12-8-13-28(26-27)38(24-11-25-40-29-14-2-1-3-15-29)30(39)37(22-9-20-35-16-4-5-17-35)23-10-21-36-18-6-7-19-36;5-3(6)1-2-4(7)8/h1-3,8,12-15,26H,4-7,9-11,16-25H2;1-2H,(H,5,6)(H,7,8). The van der Waals surface area contributed by atoms with E-state index in [0.717, 1.165) is 70.0 Å². The number of carboxylic acid groups (broad SMARTS) is 2. The zero-order valence-corrected chi connectivity index (χ0v) is 27.3. The van der Waals surface area contributed by atoms with E-state index in [9.17, 15) is 27.6 Å². The third-order valence-electron chi connectivity index (χ3n) is 8.10. The highest BCUT2D eigenvalue weighted by atomic mass is 19.4. The van der Waals surface area contributed by atoms with Crippen LogP contribution in [0.2, 0.25) is 0 Å². The van der Waals surface area contributed by atoms with E-state index in [2.05, 4.69) is 9.80 Å². The second-order valence-electron chi connectivity index (χ2n) is 11.8. The summed E-state index contributed by atoms with van der Waals surface area (Å²) in [6.07, 6.45) is 3.69. The number of rotatable bonds is 16. The highest BCUT2D eigenvalue weighted by Gasteiger charge is 2.32. The summed E-state index contributed by atoms with van der Waals surface area (Å²) in [6.45, 7) is 8.06. The van der Waals surface area contributed by atoms with E-state index in [4.69, 9.17) is 14.9 Å². The second-order valence-corrected chi connectivity index (χ2v) is 11.8. The van der Waals surface area contributed by atoms with Gasteiger partial charge in [-0.15, -0.1) is 0 Å². The SMILES string of the molecule is O=C(N(CCCN1CCCC1)CCCN1CCCC1)N(CCCOc1ccccc1)c1cccc(C(F)(F)F)c1.O=C(O)C=CC(=O)O. The van der Waals surface area contributed by atoms with Crippen molar-refractivity contribution < 1.29 is 42.5 Å². The quantitative estimate of drug-likeness (QED) is 0.162. The molecule has 48 heavy (non-hydrogen) atoms. The Morgan fingerprint density at radius 1 is 0.750 bits per heavy atom. The monoisotopic (exact) mass is 676 g/mol. The van der Waals surface area contributed by atoms with E-state index < -0.39 is 23.7 Å². The topological polar surface area (TPSA) is 114 Å². The van der Waals surface area contributed by atoms with Crippen LogP contribution in [-0.4, -0.2) is 108 Å². The number of likely N-dealkylation sites (tertiary alicyclic amines) is 2. The van der Waals surface area contributed by atoms with Crippen LogP contribution in [0.4, 0.5) is 23.7 Å². The molecule has 0 bridgehead atoms. The van der Waals surface area contributed by atoms with Crippen molar-refractivity contribution >= 4 is 23.7 Å². The van der Waals surface area contributed by atoms with E-state index >= 15 is 0 Å². The Morgan fingerprint density at radius 2 is 1.29 bits per heavy atom. The lowest BCUT2D eigenvalue weighted by atomic mass is 10.1. The normalized spacial score (nSPS) is 15.2. The van der Waals surface area contributed by atoms with Crippen LogP contribution in [0.3, 0.4) is 0 Å². The molecule has 2 aliphatic rings. The first-order valence-electron chi connectivity index (χ1n) is 16.5. The highest BCUT2D eigenvalue weighted by Crippen LogP contribution is 2.32. The van der Waals surface area contributed by atoms with Crippen LogP contribution in [0.25, 0.3) is 0 Å². The number of urea groups is 1. The van der Waals surface area contributed by atoms with Gasteiger partial charge in [0.1, 0.15) is 5.75 Å². The van der Waals surface area contributed by atoms with Crippen molar-refractivity contribution in [3.05, 3.63) is 72.3 Å². The van der Waals surface area contributed by atoms with Crippen LogP contribution in [0.15, 0.2) is 66.7 Å². The maximum absolute atomic E-state index is 14.0. The summed E-state index contributed by atoms with van der Waals surface area (Å²) in [6, 6.07) is 14.3. The molecule has 2 aromatic carbocycles. The largest absolute Gasteiger partial charge is 0.494 e. The van der Waals surface area contributed by atoms with E-state index in [-0.39, 0.29) is 18.3 Å². The predicted molar refractivity (Wildman–Crippen MR) is 177 cm³/mol. The number of hydrogen-bond donors (Lipinski definition) is 2. The number of nitrogens with zero attached hydrogens (tertiary/aromatic N) is 4. The molecule has 2 heterocycles. The molecule has 2 saturated heterocycles. The molecule has 10 nitrogen and oxygen atoms in total. The van der Waals surface area contributed by atoms with Gasteiger partial charge in [-0.1, -0.05) is 24.3 Å². The zero-order chi connectivity index (χ0) is 34.8. The summed E-state index contributed by atoms with van der Waals surface area (Å²) < 4.78 is 46.5. The molecule has 0 spiro atoms. The molecule has 2 N–H and O–H groups in total. The molecule has 13 heteroatoms. The Kier molecular flexibility index (Phi) is 16.2. The van der Waals surface area contributed by atoms with Crippen molar-refractivity contribution in [2.24, 2.45) is 0 Å². The Bertz CT molecular complexity index is 1260. The molecule has 0 radical (unpaired) electrons. The highest BCUT2D eigenvalue weighted by molar-refractivity contribution is 5.92. The molecule has 264 valence electrons. The molecule has 2 amide bonds. The maximum atomic E-state index is 14.0. The minimum absolute atomic E-state index is 0.234. The lowest BCUT2D eigenvalue weighted by Gasteiger charge is -2.32. The molecule has 0 aliphatic carbocycles. The van der Waals surface area contributed by atoms with Crippen molar-refractivity contribution in [2.45, 2.75) is 51.1 Å². The average Bonchev–Trinajstić information content (AvgIpc) is 3.78. The lowest BCUT2D eigenvalue weighted by Crippen LogP contribution is -2.46. The minimum Gasteiger partial charge on any atom is -0.494 e. The fourth-order valence-corrected chi connectivity index (χ4v) is 5.71. The lowest BCUT2D eigenvalue weighted by molar-refractivity contribution is -0.137. The van der Waals surface area contributed by atoms with Gasteiger partial charge in [0.15, 0.2) is 0 Å². The number of halogens is 3. The number of para-hydroxylation sites is 1. The molecule has 0 aromatic heterocycles. The fourth-order valence-electron chi connectivity index (χ4n) is 5.71. The Hall–Kier alpha value is -4.10. The van der Waals surface area contributed by atoms with E-state index in [0.29, 0.717) is 38.3 Å². The fraction of sp³-hybridized carbons (Fsp3) is 0.514. The number of carbonyl (C=O) groups excluding carboxylic acids is 1. The molecule has 2 fully saturated rings. The van der Waals surface area contributed by atoms with Gasteiger partial charge in [-0.05, 0) is 115 Å². The number of alkyl halides is 3. The number of benzene rings is 2. The molecule has 4 rings (SSSR count). The van der Waals surface area contributed by atoms with Crippen LogP contribution in [0.5, 0.6) is 5.75 Å². The van der Waals surface area contributed by atoms with Crippen molar-refractivity contribution in [3.8, 4) is 5.75 Å². The van der Waals surface area contributed by atoms with Gasteiger partial charge >= 0.3 is 24.1 Å². The van der Waals surface area contributed by atoms with Gasteiger partial charge in [0.05, 0.1) is 12.2 Å². The Morgan fingerprint density at radius 3 is 1.79 bits per heavy atom. The van der Waals surface area contributed by atoms with Gasteiger partial charge in [-0.3, -0.25) is 4.90 Å². The van der Waals surface area contributed by atoms with Crippen molar-refractivity contribution in [3.63, 3.8) is 0 Å². The zero-order valence-electron chi connectivity index (χ0n) is 27.3. The second kappa shape index (κ2) is 20.3. The van der Waals surface area contributed by atoms with E-state index in [1.165, 1.54) is 36.6 Å². The molecule has 0 atom stereocenters. The van der Waals surface area contributed by atoms with Gasteiger partial charge in [-0.25, -0.2) is 14.4 Å². The smallest absolute Gasteiger partial charge is 0.416 e. The van der Waals surface area contributed by atoms with Crippen LogP contribution in [0, 0.1) is 0 Å². The van der Waals surface area contributed by atoms with Gasteiger partial charge in [-0.2, -0.15) is 13.2 Å². The number of carboxylic acids is 2. The third kappa shape index (κ3) is 14.3. The number of ether oxygens (including phenoxy) is 1. The molecule has 0 saturated carbocycles. The number of carbonyl (C=O) groups is 3. The first-order chi connectivity index (χ1) is 23.0. The van der Waals surface area contributed by atoms with Gasteiger partial charge in [0, 0.05) is 37.5 Å². The summed E-state index contributed by atoms with van der Waals surface area (Å²) in [5.74, 6) is -1.79. The third-order valence-corrected chi connectivity index (χ3v) is 8.10. The summed E-state index contributed by atoms with van der Waals surface area (Å²) >= 11 is 0. The molecular formula is C35H47F3N4O6. The van der Waals surface area contributed by atoms with Crippen molar-refractivity contribution in [1.29, 1.82) is 0 Å². The summed E-state index contributed by atoms with van der Waals surface area (Å²) in [4.78, 5) is 41.4. The molecule has 0 unspecified atom stereocenters. The van der Waals surface area contributed by atoms with Crippen LogP contribution < -0.4 is 9.64 Å². The Labute approximate surface area is 280 Å². The Balaban J connectivity index is 0.000000694. The number of amides is 2. The molecular weight excluding hydrogens is 629 g/mol. The van der Waals surface area contributed by atoms with Crippen LogP contribution >= 0.6 is 0 Å². The number of aliphatic carboxylic acids is 2. The maximum Gasteiger partial charge on any atom is 0.416 e. The predicted octanol–water partition coefficient (Wildman–Crippen LogP) is 6.09. The van der Waals surface area contributed by atoms with Gasteiger partial charge < -0.3 is 29.6 Å². The molecule has 2 aliphatic heterocycles. The summed E-state index contributed by atoms with van der Waals surface area (Å²) in [7, 11) is 0.